The Labute approximate surface area is 108 Å². The predicted molar refractivity (Wildman–Crippen MR) is 65.9 cm³/mol. The number of aryl methyl sites for hydroxylation is 1. The number of aliphatic hydroxyl groups excluding tert-OH is 1. The van der Waals surface area contributed by atoms with Crippen molar-refractivity contribution >= 4 is 23.2 Å². The molecule has 0 aliphatic heterocycles. The zero-order chi connectivity index (χ0) is 12.4. The van der Waals surface area contributed by atoms with E-state index in [0.29, 0.717) is 27.7 Å². The van der Waals surface area contributed by atoms with Gasteiger partial charge in [-0.25, -0.2) is 9.97 Å². The highest BCUT2D eigenvalue weighted by atomic mass is 35.5. The molecule has 0 bridgehead atoms. The van der Waals surface area contributed by atoms with E-state index in [1.54, 1.807) is 12.3 Å². The monoisotopic (exact) mass is 269 g/mol. The second kappa shape index (κ2) is 4.96. The van der Waals surface area contributed by atoms with Crippen molar-refractivity contribution < 1.29 is 5.11 Å². The van der Waals surface area contributed by atoms with Crippen molar-refractivity contribution in [2.45, 2.75) is 13.5 Å². The van der Waals surface area contributed by atoms with Crippen LogP contribution in [0.3, 0.4) is 0 Å². The molecule has 17 heavy (non-hydrogen) atoms. The van der Waals surface area contributed by atoms with E-state index >= 15 is 0 Å². The number of halogens is 2. The van der Waals surface area contributed by atoms with Crippen LogP contribution in [0.25, 0.3) is 11.3 Å². The number of aromatic nitrogens is 3. The molecule has 0 atom stereocenters. The van der Waals surface area contributed by atoms with Crippen molar-refractivity contribution in [3.8, 4) is 11.3 Å². The van der Waals surface area contributed by atoms with E-state index < -0.39 is 0 Å². The minimum absolute atomic E-state index is 0.170. The topological polar surface area (TPSA) is 58.9 Å². The summed E-state index contributed by atoms with van der Waals surface area (Å²) < 4.78 is 0. The summed E-state index contributed by atoms with van der Waals surface area (Å²) in [4.78, 5) is 12.3. The molecule has 2 rings (SSSR count). The summed E-state index contributed by atoms with van der Waals surface area (Å²) in [5.41, 5.74) is 2.46. The van der Waals surface area contributed by atoms with E-state index in [0.717, 1.165) is 0 Å². The van der Waals surface area contributed by atoms with Crippen LogP contribution < -0.4 is 0 Å². The van der Waals surface area contributed by atoms with Gasteiger partial charge in [0.05, 0.1) is 34.9 Å². The molecule has 0 aliphatic rings. The highest BCUT2D eigenvalue weighted by Gasteiger charge is 2.12. The molecule has 0 aliphatic carbocycles. The van der Waals surface area contributed by atoms with Crippen LogP contribution in [-0.2, 0) is 6.61 Å². The summed E-state index contributed by atoms with van der Waals surface area (Å²) in [6.07, 6.45) is 3.08. The normalized spacial score (nSPS) is 10.6. The van der Waals surface area contributed by atoms with Crippen molar-refractivity contribution in [2.75, 3.05) is 0 Å². The Morgan fingerprint density at radius 3 is 2.76 bits per heavy atom. The fourth-order valence-corrected chi connectivity index (χ4v) is 1.78. The van der Waals surface area contributed by atoms with Gasteiger partial charge in [0.15, 0.2) is 0 Å². The molecule has 0 saturated heterocycles. The molecular weight excluding hydrogens is 261 g/mol. The highest BCUT2D eigenvalue weighted by Crippen LogP contribution is 2.31. The lowest BCUT2D eigenvalue weighted by molar-refractivity contribution is 0.276. The summed E-state index contributed by atoms with van der Waals surface area (Å²) in [5.74, 6) is 0. The maximum absolute atomic E-state index is 9.05. The number of hydrogen-bond acceptors (Lipinski definition) is 4. The first-order valence-corrected chi connectivity index (χ1v) is 5.63. The van der Waals surface area contributed by atoms with Gasteiger partial charge in [-0.3, -0.25) is 4.98 Å². The van der Waals surface area contributed by atoms with Gasteiger partial charge in [0.1, 0.15) is 5.15 Å². The van der Waals surface area contributed by atoms with Crippen LogP contribution in [-0.4, -0.2) is 20.1 Å². The molecule has 0 saturated carbocycles. The number of aliphatic hydroxyl groups is 1. The van der Waals surface area contributed by atoms with Crippen LogP contribution in [0.15, 0.2) is 18.5 Å². The first kappa shape index (κ1) is 12.2. The van der Waals surface area contributed by atoms with Crippen molar-refractivity contribution in [1.82, 2.24) is 15.0 Å². The van der Waals surface area contributed by atoms with Crippen LogP contribution in [0.2, 0.25) is 10.2 Å². The van der Waals surface area contributed by atoms with E-state index in [-0.39, 0.29) is 11.8 Å². The molecule has 6 heteroatoms. The Kier molecular flexibility index (Phi) is 3.57. The van der Waals surface area contributed by atoms with E-state index in [1.807, 2.05) is 6.92 Å². The van der Waals surface area contributed by atoms with E-state index in [4.69, 9.17) is 28.3 Å². The number of nitrogens with zero attached hydrogens (tertiary/aromatic N) is 3. The largest absolute Gasteiger partial charge is 0.390 e. The molecule has 0 radical (unpaired) electrons. The van der Waals surface area contributed by atoms with Crippen molar-refractivity contribution in [2.24, 2.45) is 0 Å². The standard InChI is InChI=1S/C11H9Cl2N3O/c1-6-10(16-7(5-17)4-15-6)8-2-3-14-11(13)9(8)12/h2-4,17H,5H2,1H3. The summed E-state index contributed by atoms with van der Waals surface area (Å²) in [6, 6.07) is 1.71. The fraction of sp³-hybridized carbons (Fsp3) is 0.182. The average Bonchev–Trinajstić information content (AvgIpc) is 2.34. The van der Waals surface area contributed by atoms with Gasteiger partial charge >= 0.3 is 0 Å². The summed E-state index contributed by atoms with van der Waals surface area (Å²) >= 11 is 11.9. The average molecular weight is 270 g/mol. The first-order chi connectivity index (χ1) is 8.13. The second-order valence-corrected chi connectivity index (χ2v) is 4.15. The van der Waals surface area contributed by atoms with Crippen molar-refractivity contribution in [3.05, 3.63) is 40.0 Å². The number of rotatable bonds is 2. The molecule has 88 valence electrons. The van der Waals surface area contributed by atoms with Gasteiger partial charge in [-0.15, -0.1) is 0 Å². The molecule has 2 aromatic heterocycles. The van der Waals surface area contributed by atoms with Crippen LogP contribution in [0.5, 0.6) is 0 Å². The van der Waals surface area contributed by atoms with Crippen LogP contribution in [0, 0.1) is 6.92 Å². The molecule has 0 unspecified atom stereocenters. The molecule has 0 spiro atoms. The molecule has 0 aromatic carbocycles. The predicted octanol–water partition coefficient (Wildman–Crippen LogP) is 2.65. The highest BCUT2D eigenvalue weighted by molar-refractivity contribution is 6.42. The van der Waals surface area contributed by atoms with Crippen LogP contribution >= 0.6 is 23.2 Å². The smallest absolute Gasteiger partial charge is 0.148 e. The Hall–Kier alpha value is -1.23. The third-order valence-corrected chi connectivity index (χ3v) is 3.04. The van der Waals surface area contributed by atoms with Gasteiger partial charge in [0.2, 0.25) is 0 Å². The maximum Gasteiger partial charge on any atom is 0.148 e. The van der Waals surface area contributed by atoms with Gasteiger partial charge in [0, 0.05) is 11.8 Å². The molecule has 2 aromatic rings. The van der Waals surface area contributed by atoms with E-state index in [9.17, 15) is 0 Å². The Morgan fingerprint density at radius 1 is 1.29 bits per heavy atom. The Bertz CT molecular complexity index is 560. The quantitative estimate of drug-likeness (QED) is 0.852. The Balaban J connectivity index is 2.63. The van der Waals surface area contributed by atoms with Gasteiger partial charge in [-0.2, -0.15) is 0 Å². The van der Waals surface area contributed by atoms with Crippen LogP contribution in [0.4, 0.5) is 0 Å². The van der Waals surface area contributed by atoms with Gasteiger partial charge in [0.25, 0.3) is 0 Å². The zero-order valence-corrected chi connectivity index (χ0v) is 10.5. The molecule has 1 N–H and O–H groups in total. The molecule has 0 amide bonds. The summed E-state index contributed by atoms with van der Waals surface area (Å²) in [6.45, 7) is 1.64. The van der Waals surface area contributed by atoms with Gasteiger partial charge in [-0.05, 0) is 13.0 Å². The third-order valence-electron chi connectivity index (χ3n) is 2.27. The van der Waals surface area contributed by atoms with Crippen molar-refractivity contribution in [3.63, 3.8) is 0 Å². The van der Waals surface area contributed by atoms with Gasteiger partial charge in [-0.1, -0.05) is 23.2 Å². The van der Waals surface area contributed by atoms with E-state index in [1.165, 1.54) is 6.20 Å². The number of hydrogen-bond donors (Lipinski definition) is 1. The SMILES string of the molecule is Cc1ncc(CO)nc1-c1ccnc(Cl)c1Cl. The molecule has 4 nitrogen and oxygen atoms in total. The lowest BCUT2D eigenvalue weighted by Crippen LogP contribution is -1.98. The lowest BCUT2D eigenvalue weighted by Gasteiger charge is -2.08. The van der Waals surface area contributed by atoms with E-state index in [2.05, 4.69) is 15.0 Å². The number of pyridine rings is 1. The molecule has 0 fully saturated rings. The zero-order valence-electron chi connectivity index (χ0n) is 8.98. The minimum Gasteiger partial charge on any atom is -0.390 e. The second-order valence-electron chi connectivity index (χ2n) is 3.42. The van der Waals surface area contributed by atoms with Crippen LogP contribution in [0.1, 0.15) is 11.4 Å². The lowest BCUT2D eigenvalue weighted by atomic mass is 10.1. The Morgan fingerprint density at radius 2 is 2.06 bits per heavy atom. The maximum atomic E-state index is 9.05. The molecule has 2 heterocycles. The summed E-state index contributed by atoms with van der Waals surface area (Å²) in [7, 11) is 0. The minimum atomic E-state index is -0.170. The van der Waals surface area contributed by atoms with Crippen molar-refractivity contribution in [1.29, 1.82) is 0 Å². The first-order valence-electron chi connectivity index (χ1n) is 4.87. The summed E-state index contributed by atoms with van der Waals surface area (Å²) in [5, 5.41) is 9.61. The molecular formula is C11H9Cl2N3O. The third kappa shape index (κ3) is 2.39. The van der Waals surface area contributed by atoms with Gasteiger partial charge < -0.3 is 5.11 Å². The fourth-order valence-electron chi connectivity index (χ4n) is 1.42.